The summed E-state index contributed by atoms with van der Waals surface area (Å²) >= 11 is 0. The minimum absolute atomic E-state index is 0.722. The minimum atomic E-state index is -6.00. The number of aromatic nitrogens is 2. The first-order valence-electron chi connectivity index (χ1n) is 6.00. The number of imidazole rings is 1. The van der Waals surface area contributed by atoms with Gasteiger partial charge in [-0.25, -0.2) is 9.13 Å². The van der Waals surface area contributed by atoms with Crippen molar-refractivity contribution >= 4 is 7.25 Å². The Morgan fingerprint density at radius 2 is 1.56 bits per heavy atom. The Labute approximate surface area is 106 Å². The third-order valence-electron chi connectivity index (χ3n) is 1.90. The van der Waals surface area contributed by atoms with Crippen LogP contribution in [-0.2, 0) is 13.1 Å². The van der Waals surface area contributed by atoms with Crippen molar-refractivity contribution in [3.05, 3.63) is 18.7 Å². The van der Waals surface area contributed by atoms with Crippen LogP contribution in [0.3, 0.4) is 0 Å². The molecule has 0 aliphatic rings. The molecule has 0 amide bonds. The number of hydrogen-bond acceptors (Lipinski definition) is 0. The van der Waals surface area contributed by atoms with Gasteiger partial charge >= 0.3 is 7.25 Å². The van der Waals surface area contributed by atoms with Gasteiger partial charge in [-0.05, 0) is 11.8 Å². The summed E-state index contributed by atoms with van der Waals surface area (Å²) in [6.45, 7) is 11.2. The van der Waals surface area contributed by atoms with E-state index in [0.717, 1.165) is 24.9 Å². The topological polar surface area (TPSA) is 8.81 Å². The predicted molar refractivity (Wildman–Crippen MR) is 64.5 cm³/mol. The Hall–Kier alpha value is -1.01. The molecular formula is C11H21BF4N2. The number of rotatable bonds is 4. The lowest BCUT2D eigenvalue weighted by molar-refractivity contribution is -0.701. The zero-order chi connectivity index (χ0) is 14.3. The molecule has 1 aromatic rings. The molecule has 1 rings (SSSR count). The van der Waals surface area contributed by atoms with Crippen LogP contribution < -0.4 is 4.57 Å². The molecule has 0 aliphatic heterocycles. The molecule has 106 valence electrons. The van der Waals surface area contributed by atoms with Crippen LogP contribution in [0.1, 0.15) is 27.7 Å². The van der Waals surface area contributed by atoms with Crippen LogP contribution in [0.4, 0.5) is 17.3 Å². The molecule has 0 aliphatic carbocycles. The first kappa shape index (κ1) is 17.0. The van der Waals surface area contributed by atoms with Gasteiger partial charge in [0.25, 0.3) is 0 Å². The summed E-state index contributed by atoms with van der Waals surface area (Å²) < 4.78 is 43.5. The number of nitrogens with zero attached hydrogens (tertiary/aromatic N) is 2. The summed E-state index contributed by atoms with van der Waals surface area (Å²) in [4.78, 5) is 0. The van der Waals surface area contributed by atoms with Crippen LogP contribution in [0, 0.1) is 11.8 Å². The maximum absolute atomic E-state index is 9.75. The van der Waals surface area contributed by atoms with Crippen LogP contribution >= 0.6 is 0 Å². The fraction of sp³-hybridized carbons (Fsp3) is 0.727. The standard InChI is InChI=1S/C11H21N2.BF4/c1-10(2)7-12-5-6-13(9-12)8-11(3)4;2-1(3,4)5/h5-6,9-11H,7-8H2,1-4H3;/q+1;-1. The van der Waals surface area contributed by atoms with E-state index in [-0.39, 0.29) is 0 Å². The van der Waals surface area contributed by atoms with E-state index in [1.165, 1.54) is 0 Å². The summed E-state index contributed by atoms with van der Waals surface area (Å²) in [5, 5.41) is 0. The van der Waals surface area contributed by atoms with Gasteiger partial charge in [-0.15, -0.1) is 0 Å². The molecule has 0 bridgehead atoms. The van der Waals surface area contributed by atoms with Crippen LogP contribution in [0.25, 0.3) is 0 Å². The van der Waals surface area contributed by atoms with Gasteiger partial charge in [-0.3, -0.25) is 0 Å². The van der Waals surface area contributed by atoms with Gasteiger partial charge in [0, 0.05) is 0 Å². The molecule has 0 N–H and O–H groups in total. The highest BCUT2D eigenvalue weighted by Crippen LogP contribution is 2.06. The van der Waals surface area contributed by atoms with Crippen molar-refractivity contribution in [2.45, 2.75) is 40.8 Å². The highest BCUT2D eigenvalue weighted by Gasteiger charge is 2.20. The van der Waals surface area contributed by atoms with E-state index >= 15 is 0 Å². The maximum Gasteiger partial charge on any atom is 0.673 e. The Morgan fingerprint density at radius 3 is 1.94 bits per heavy atom. The lowest BCUT2D eigenvalue weighted by Gasteiger charge is -2.00. The predicted octanol–water partition coefficient (Wildman–Crippen LogP) is 3.39. The molecule has 0 unspecified atom stereocenters. The maximum atomic E-state index is 9.75. The molecule has 0 saturated carbocycles. The third-order valence-corrected chi connectivity index (χ3v) is 1.90. The van der Waals surface area contributed by atoms with E-state index in [4.69, 9.17) is 0 Å². The summed E-state index contributed by atoms with van der Waals surface area (Å²) in [5.74, 6) is 1.44. The molecule has 18 heavy (non-hydrogen) atoms. The Morgan fingerprint density at radius 1 is 1.06 bits per heavy atom. The van der Waals surface area contributed by atoms with Crippen LogP contribution in [-0.4, -0.2) is 11.8 Å². The van der Waals surface area contributed by atoms with E-state index < -0.39 is 7.25 Å². The van der Waals surface area contributed by atoms with Crippen molar-refractivity contribution in [1.82, 2.24) is 4.57 Å². The molecule has 1 aromatic heterocycles. The summed E-state index contributed by atoms with van der Waals surface area (Å²) in [6, 6.07) is 0. The molecule has 0 spiro atoms. The van der Waals surface area contributed by atoms with Crippen molar-refractivity contribution in [1.29, 1.82) is 0 Å². The van der Waals surface area contributed by atoms with Crippen LogP contribution in [0.5, 0.6) is 0 Å². The largest absolute Gasteiger partial charge is 0.673 e. The second kappa shape index (κ2) is 7.43. The lowest BCUT2D eigenvalue weighted by Crippen LogP contribution is -2.33. The van der Waals surface area contributed by atoms with Crippen LogP contribution in [0.15, 0.2) is 18.7 Å². The third kappa shape index (κ3) is 11.5. The van der Waals surface area contributed by atoms with Gasteiger partial charge in [0.1, 0.15) is 12.4 Å². The van der Waals surface area contributed by atoms with Gasteiger partial charge < -0.3 is 17.3 Å². The molecule has 2 nitrogen and oxygen atoms in total. The average molecular weight is 268 g/mol. The minimum Gasteiger partial charge on any atom is -0.418 e. The van der Waals surface area contributed by atoms with Crippen LogP contribution in [0.2, 0.25) is 0 Å². The molecule has 0 fully saturated rings. The normalized spacial score (nSPS) is 11.7. The van der Waals surface area contributed by atoms with Crippen molar-refractivity contribution in [3.8, 4) is 0 Å². The molecular weight excluding hydrogens is 247 g/mol. The molecule has 1 heterocycles. The monoisotopic (exact) mass is 268 g/mol. The Balaban J connectivity index is 0.000000494. The molecule has 0 atom stereocenters. The summed E-state index contributed by atoms with van der Waals surface area (Å²) in [7, 11) is -6.00. The van der Waals surface area contributed by atoms with E-state index in [2.05, 4.69) is 55.6 Å². The van der Waals surface area contributed by atoms with E-state index in [9.17, 15) is 17.3 Å². The fourth-order valence-electron chi connectivity index (χ4n) is 1.50. The summed E-state index contributed by atoms with van der Waals surface area (Å²) in [5.41, 5.74) is 0. The van der Waals surface area contributed by atoms with E-state index in [1.54, 1.807) is 0 Å². The highest BCUT2D eigenvalue weighted by molar-refractivity contribution is 6.50. The Bertz CT molecular complexity index is 304. The SMILES string of the molecule is CC(C)Cn1cc[n+](CC(C)C)c1.F[B-](F)(F)F. The zero-order valence-corrected chi connectivity index (χ0v) is 11.3. The van der Waals surface area contributed by atoms with Crippen molar-refractivity contribution in [2.75, 3.05) is 0 Å². The van der Waals surface area contributed by atoms with Crippen molar-refractivity contribution in [3.63, 3.8) is 0 Å². The molecule has 0 radical (unpaired) electrons. The molecule has 0 aromatic carbocycles. The van der Waals surface area contributed by atoms with E-state index in [0.29, 0.717) is 0 Å². The molecule has 7 heteroatoms. The smallest absolute Gasteiger partial charge is 0.418 e. The quantitative estimate of drug-likeness (QED) is 0.449. The van der Waals surface area contributed by atoms with Crippen molar-refractivity contribution in [2.24, 2.45) is 11.8 Å². The second-order valence-electron chi connectivity index (χ2n) is 5.09. The van der Waals surface area contributed by atoms with E-state index in [1.807, 2.05) is 0 Å². The fourth-order valence-corrected chi connectivity index (χ4v) is 1.50. The Kier molecular flexibility index (Phi) is 7.02. The van der Waals surface area contributed by atoms with Gasteiger partial charge in [-0.1, -0.05) is 27.7 Å². The van der Waals surface area contributed by atoms with Gasteiger partial charge in [0.15, 0.2) is 0 Å². The molecule has 0 saturated heterocycles. The van der Waals surface area contributed by atoms with Gasteiger partial charge in [0.05, 0.1) is 13.1 Å². The highest BCUT2D eigenvalue weighted by atomic mass is 19.5. The lowest BCUT2D eigenvalue weighted by atomic mass is 10.2. The van der Waals surface area contributed by atoms with Gasteiger partial charge in [-0.2, -0.15) is 0 Å². The average Bonchev–Trinajstić information content (AvgIpc) is 2.46. The number of halogens is 4. The van der Waals surface area contributed by atoms with Gasteiger partial charge in [0.2, 0.25) is 6.33 Å². The first-order valence-corrected chi connectivity index (χ1v) is 6.00. The first-order chi connectivity index (χ1) is 8.08. The summed E-state index contributed by atoms with van der Waals surface area (Å²) in [6.07, 6.45) is 6.50. The zero-order valence-electron chi connectivity index (χ0n) is 11.3. The second-order valence-corrected chi connectivity index (χ2v) is 5.09. The number of hydrogen-bond donors (Lipinski definition) is 0. The van der Waals surface area contributed by atoms with Crippen molar-refractivity contribution < 1.29 is 21.8 Å².